The van der Waals surface area contributed by atoms with E-state index in [-0.39, 0.29) is 23.6 Å². The van der Waals surface area contributed by atoms with Gasteiger partial charge in [-0.2, -0.15) is 0 Å². The molecular weight excluding hydrogens is 744 g/mol. The standard InChI is InChI=1S/C23H17F2N5O2.C17H13ClN4O2/c24-15-10-16(25)12-19(11-15)28-21-13-22(27-14-26-21)32-20-8-6-18(7-9-20)30-23(31)29-17-4-2-1-3-5-17;18-15-10-16(20-11-19-15)24-14-8-6-13(7-9-14)22-17(23)21-12-4-2-1-3-5-12/h1-14H,(H,26,27,28)(H2,29,30,31);1-11H,(H2,21,22,23). The van der Waals surface area contributed by atoms with Crippen LogP contribution in [0.25, 0.3) is 0 Å². The number of ether oxygens (including phenoxy) is 2. The molecule has 16 heteroatoms. The molecule has 13 nitrogen and oxygen atoms in total. The number of para-hydroxylation sites is 2. The van der Waals surface area contributed by atoms with Crippen LogP contribution in [0, 0.1) is 11.6 Å². The lowest BCUT2D eigenvalue weighted by molar-refractivity contribution is 0.261. The molecule has 2 heterocycles. The fourth-order valence-corrected chi connectivity index (χ4v) is 4.83. The van der Waals surface area contributed by atoms with Gasteiger partial charge in [-0.1, -0.05) is 48.0 Å². The molecule has 5 aromatic carbocycles. The van der Waals surface area contributed by atoms with Crippen molar-refractivity contribution in [3.8, 4) is 23.3 Å². The molecular formula is C40H30ClF2N9O4. The maximum atomic E-state index is 13.4. The van der Waals surface area contributed by atoms with E-state index >= 15 is 0 Å². The minimum Gasteiger partial charge on any atom is -0.439 e. The van der Waals surface area contributed by atoms with E-state index in [4.69, 9.17) is 21.1 Å². The second-order valence-electron chi connectivity index (χ2n) is 11.3. The minimum absolute atomic E-state index is 0.205. The highest BCUT2D eigenvalue weighted by Crippen LogP contribution is 2.25. The van der Waals surface area contributed by atoms with Gasteiger partial charge in [-0.25, -0.2) is 38.3 Å². The van der Waals surface area contributed by atoms with Crippen molar-refractivity contribution >= 4 is 57.9 Å². The van der Waals surface area contributed by atoms with Gasteiger partial charge in [0.25, 0.3) is 0 Å². The third-order valence-corrected chi connectivity index (χ3v) is 7.32. The second kappa shape index (κ2) is 18.9. The number of anilines is 6. The van der Waals surface area contributed by atoms with Crippen LogP contribution >= 0.6 is 11.6 Å². The van der Waals surface area contributed by atoms with Gasteiger partial charge < -0.3 is 36.1 Å². The maximum absolute atomic E-state index is 13.4. The molecule has 0 fully saturated rings. The van der Waals surface area contributed by atoms with Crippen molar-refractivity contribution in [2.75, 3.05) is 26.6 Å². The first kappa shape index (κ1) is 38.1. The van der Waals surface area contributed by atoms with Crippen molar-refractivity contribution in [1.82, 2.24) is 19.9 Å². The van der Waals surface area contributed by atoms with Crippen LogP contribution in [0.3, 0.4) is 0 Å². The molecule has 5 N–H and O–H groups in total. The van der Waals surface area contributed by atoms with E-state index in [1.54, 1.807) is 60.7 Å². The van der Waals surface area contributed by atoms with Gasteiger partial charge in [0.15, 0.2) is 0 Å². The molecule has 0 bridgehead atoms. The summed E-state index contributed by atoms with van der Waals surface area (Å²) in [4.78, 5) is 39.8. The quantitative estimate of drug-likeness (QED) is 0.0851. The fraction of sp³-hybridized carbons (Fsp3) is 0. The summed E-state index contributed by atoms with van der Waals surface area (Å²) in [6.45, 7) is 0. The topological polar surface area (TPSA) is 164 Å². The van der Waals surface area contributed by atoms with E-state index in [0.29, 0.717) is 45.4 Å². The Balaban J connectivity index is 0.000000198. The third kappa shape index (κ3) is 12.2. The van der Waals surface area contributed by atoms with Crippen molar-refractivity contribution in [3.05, 3.63) is 169 Å². The summed E-state index contributed by atoms with van der Waals surface area (Å²) in [6, 6.07) is 37.2. The van der Waals surface area contributed by atoms with Crippen LogP contribution in [0.5, 0.6) is 23.3 Å². The van der Waals surface area contributed by atoms with Crippen molar-refractivity contribution in [1.29, 1.82) is 0 Å². The number of halogens is 3. The van der Waals surface area contributed by atoms with E-state index in [9.17, 15) is 18.4 Å². The molecule has 0 atom stereocenters. The fourth-order valence-electron chi connectivity index (χ4n) is 4.69. The number of rotatable bonds is 10. The number of amides is 4. The summed E-state index contributed by atoms with van der Waals surface area (Å²) in [5, 5.41) is 14.0. The van der Waals surface area contributed by atoms with E-state index in [2.05, 4.69) is 46.5 Å². The largest absolute Gasteiger partial charge is 0.439 e. The number of hydrogen-bond donors (Lipinski definition) is 5. The van der Waals surface area contributed by atoms with Crippen molar-refractivity contribution in [2.24, 2.45) is 0 Å². The molecule has 0 aliphatic heterocycles. The molecule has 0 aliphatic rings. The van der Waals surface area contributed by atoms with Crippen LogP contribution in [-0.4, -0.2) is 32.0 Å². The first-order valence-electron chi connectivity index (χ1n) is 16.6. The van der Waals surface area contributed by atoms with E-state index in [0.717, 1.165) is 23.9 Å². The van der Waals surface area contributed by atoms with Gasteiger partial charge in [-0.3, -0.25) is 0 Å². The zero-order valence-electron chi connectivity index (χ0n) is 29.0. The Hall–Kier alpha value is -7.65. The molecule has 7 aromatic rings. The van der Waals surface area contributed by atoms with E-state index in [1.165, 1.54) is 24.8 Å². The predicted octanol–water partition coefficient (Wildman–Crippen LogP) is 10.5. The number of benzene rings is 5. The van der Waals surface area contributed by atoms with Crippen molar-refractivity contribution in [2.45, 2.75) is 0 Å². The van der Waals surface area contributed by atoms with Crippen LogP contribution in [0.1, 0.15) is 0 Å². The van der Waals surface area contributed by atoms with E-state index < -0.39 is 11.6 Å². The highest BCUT2D eigenvalue weighted by Gasteiger charge is 2.08. The lowest BCUT2D eigenvalue weighted by atomic mass is 10.3. The Morgan fingerprint density at radius 1 is 0.482 bits per heavy atom. The molecule has 280 valence electrons. The highest BCUT2D eigenvalue weighted by atomic mass is 35.5. The summed E-state index contributed by atoms with van der Waals surface area (Å²) in [5.41, 5.74) is 2.81. The summed E-state index contributed by atoms with van der Waals surface area (Å²) >= 11 is 5.77. The summed E-state index contributed by atoms with van der Waals surface area (Å²) < 4.78 is 37.9. The molecule has 0 saturated carbocycles. The number of carbonyl (C=O) groups is 2. The van der Waals surface area contributed by atoms with Crippen molar-refractivity contribution < 1.29 is 27.8 Å². The molecule has 7 rings (SSSR count). The maximum Gasteiger partial charge on any atom is 0.323 e. The molecule has 0 spiro atoms. The molecule has 56 heavy (non-hydrogen) atoms. The minimum atomic E-state index is -0.704. The number of aromatic nitrogens is 4. The molecule has 0 aliphatic carbocycles. The first-order chi connectivity index (χ1) is 27.2. The Labute approximate surface area is 323 Å². The Morgan fingerprint density at radius 3 is 1.38 bits per heavy atom. The zero-order valence-corrected chi connectivity index (χ0v) is 29.7. The average Bonchev–Trinajstić information content (AvgIpc) is 3.17. The molecule has 4 amide bonds. The zero-order chi connectivity index (χ0) is 39.1. The Bertz CT molecular complexity index is 2360. The molecule has 0 unspecified atom stereocenters. The number of nitrogens with one attached hydrogen (secondary N) is 5. The SMILES string of the molecule is O=C(Nc1ccccc1)Nc1ccc(Oc2cc(Cl)ncn2)cc1.O=C(Nc1ccccc1)Nc1ccc(Oc2cc(Nc3cc(F)cc(F)c3)ncn2)cc1. The van der Waals surface area contributed by atoms with E-state index in [1.807, 2.05) is 48.5 Å². The number of urea groups is 2. The predicted molar refractivity (Wildman–Crippen MR) is 210 cm³/mol. The number of hydrogen-bond acceptors (Lipinski definition) is 9. The summed E-state index contributed by atoms with van der Waals surface area (Å²) in [5.74, 6) is 0.503. The van der Waals surface area contributed by atoms with Crippen LogP contribution in [0.4, 0.5) is 52.6 Å². The molecule has 0 radical (unpaired) electrons. The lowest BCUT2D eigenvalue weighted by Gasteiger charge is -2.10. The number of nitrogens with zero attached hydrogens (tertiary/aromatic N) is 4. The Kier molecular flexibility index (Phi) is 12.9. The first-order valence-corrected chi connectivity index (χ1v) is 16.9. The van der Waals surface area contributed by atoms with Gasteiger partial charge in [0.2, 0.25) is 11.8 Å². The van der Waals surface area contributed by atoms with Gasteiger partial charge in [0, 0.05) is 46.6 Å². The molecule has 2 aromatic heterocycles. The van der Waals surface area contributed by atoms with Crippen molar-refractivity contribution in [3.63, 3.8) is 0 Å². The number of carbonyl (C=O) groups excluding carboxylic acids is 2. The Morgan fingerprint density at radius 2 is 0.911 bits per heavy atom. The monoisotopic (exact) mass is 773 g/mol. The van der Waals surface area contributed by atoms with Gasteiger partial charge in [0.05, 0.1) is 0 Å². The third-order valence-electron chi connectivity index (χ3n) is 7.12. The average molecular weight is 774 g/mol. The van der Waals surface area contributed by atoms with Crippen LogP contribution in [0.15, 0.2) is 152 Å². The van der Waals surface area contributed by atoms with Crippen LogP contribution < -0.4 is 36.1 Å². The summed E-state index contributed by atoms with van der Waals surface area (Å²) in [6.07, 6.45) is 2.58. The summed E-state index contributed by atoms with van der Waals surface area (Å²) in [7, 11) is 0. The van der Waals surface area contributed by atoms with Crippen LogP contribution in [0.2, 0.25) is 5.15 Å². The van der Waals surface area contributed by atoms with Gasteiger partial charge >= 0.3 is 12.1 Å². The lowest BCUT2D eigenvalue weighted by Crippen LogP contribution is -2.19. The smallest absolute Gasteiger partial charge is 0.323 e. The van der Waals surface area contributed by atoms with Gasteiger partial charge in [-0.15, -0.1) is 0 Å². The highest BCUT2D eigenvalue weighted by molar-refractivity contribution is 6.29. The van der Waals surface area contributed by atoms with Crippen LogP contribution in [-0.2, 0) is 0 Å². The van der Waals surface area contributed by atoms with Gasteiger partial charge in [-0.05, 0) is 84.9 Å². The normalized spacial score (nSPS) is 10.2. The molecule has 0 saturated heterocycles. The van der Waals surface area contributed by atoms with Gasteiger partial charge in [0.1, 0.15) is 46.8 Å². The second-order valence-corrected chi connectivity index (χ2v) is 11.7.